The zero-order valence-corrected chi connectivity index (χ0v) is 12.8. The molecule has 0 aliphatic carbocycles. The van der Waals surface area contributed by atoms with Crippen LogP contribution in [0.2, 0.25) is 0 Å². The highest BCUT2D eigenvalue weighted by Crippen LogP contribution is 2.37. The first-order valence-electron chi connectivity index (χ1n) is 6.55. The maximum absolute atomic E-state index is 12.0. The summed E-state index contributed by atoms with van der Waals surface area (Å²) in [5.74, 6) is 0.0893. The van der Waals surface area contributed by atoms with Crippen molar-refractivity contribution in [2.75, 3.05) is 0 Å². The van der Waals surface area contributed by atoms with Gasteiger partial charge in [-0.2, -0.15) is 0 Å². The lowest BCUT2D eigenvalue weighted by molar-refractivity contribution is 0.102. The third-order valence-corrected chi connectivity index (χ3v) is 4.97. The molecular formula is C16H16N2OS. The van der Waals surface area contributed by atoms with Crippen LogP contribution in [0.15, 0.2) is 24.5 Å². The summed E-state index contributed by atoms with van der Waals surface area (Å²) < 4.78 is 2.01. The van der Waals surface area contributed by atoms with Crippen molar-refractivity contribution in [1.29, 1.82) is 0 Å². The second-order valence-electron chi connectivity index (χ2n) is 5.05. The van der Waals surface area contributed by atoms with Crippen LogP contribution in [0.3, 0.4) is 0 Å². The Morgan fingerprint density at radius 3 is 2.40 bits per heavy atom. The van der Waals surface area contributed by atoms with Crippen LogP contribution in [0, 0.1) is 20.8 Å². The number of aryl methyl sites for hydroxylation is 2. The van der Waals surface area contributed by atoms with E-state index in [0.717, 1.165) is 26.5 Å². The van der Waals surface area contributed by atoms with E-state index in [-0.39, 0.29) is 5.78 Å². The van der Waals surface area contributed by atoms with Crippen LogP contribution in [-0.4, -0.2) is 15.3 Å². The molecule has 3 heterocycles. The molecule has 0 bridgehead atoms. The Bertz CT molecular complexity index is 813. The van der Waals surface area contributed by atoms with Crippen LogP contribution in [0.25, 0.3) is 15.9 Å². The van der Waals surface area contributed by atoms with Gasteiger partial charge in [0.1, 0.15) is 4.83 Å². The molecule has 0 aliphatic rings. The molecule has 0 aliphatic heterocycles. The first-order chi connectivity index (χ1) is 9.50. The number of ketones is 1. The van der Waals surface area contributed by atoms with Crippen molar-refractivity contribution in [3.63, 3.8) is 0 Å². The van der Waals surface area contributed by atoms with Gasteiger partial charge in [-0.1, -0.05) is 0 Å². The molecule has 3 nitrogen and oxygen atoms in total. The van der Waals surface area contributed by atoms with Crippen LogP contribution in [0.4, 0.5) is 0 Å². The van der Waals surface area contributed by atoms with E-state index >= 15 is 0 Å². The fraction of sp³-hybridized carbons (Fsp3) is 0.250. The highest BCUT2D eigenvalue weighted by molar-refractivity contribution is 7.21. The van der Waals surface area contributed by atoms with Crippen molar-refractivity contribution in [3.8, 4) is 5.69 Å². The molecule has 0 radical (unpaired) electrons. The summed E-state index contributed by atoms with van der Waals surface area (Å²) in [4.78, 5) is 18.4. The van der Waals surface area contributed by atoms with Crippen LogP contribution in [0.1, 0.15) is 33.4 Å². The van der Waals surface area contributed by atoms with Gasteiger partial charge in [0.2, 0.25) is 0 Å². The van der Waals surface area contributed by atoms with E-state index in [9.17, 15) is 4.79 Å². The predicted molar refractivity (Wildman–Crippen MR) is 83.2 cm³/mol. The summed E-state index contributed by atoms with van der Waals surface area (Å²) in [7, 11) is 0. The van der Waals surface area contributed by atoms with Gasteiger partial charge in [0.05, 0.1) is 10.6 Å². The largest absolute Gasteiger partial charge is 0.322 e. The predicted octanol–water partition coefficient (Wildman–Crippen LogP) is 4.21. The average Bonchev–Trinajstić information content (AvgIpc) is 3.01. The van der Waals surface area contributed by atoms with E-state index in [1.54, 1.807) is 6.92 Å². The second-order valence-corrected chi connectivity index (χ2v) is 6.05. The molecule has 0 atom stereocenters. The average molecular weight is 284 g/mol. The van der Waals surface area contributed by atoms with Crippen LogP contribution >= 0.6 is 11.3 Å². The zero-order valence-electron chi connectivity index (χ0n) is 12.0. The summed E-state index contributed by atoms with van der Waals surface area (Å²) in [6.45, 7) is 7.83. The minimum atomic E-state index is 0.0893. The topological polar surface area (TPSA) is 34.9 Å². The van der Waals surface area contributed by atoms with E-state index in [4.69, 9.17) is 0 Å². The quantitative estimate of drug-likeness (QED) is 0.661. The van der Waals surface area contributed by atoms with Crippen molar-refractivity contribution < 1.29 is 4.79 Å². The molecule has 102 valence electrons. The molecular weight excluding hydrogens is 268 g/mol. The van der Waals surface area contributed by atoms with Gasteiger partial charge >= 0.3 is 0 Å². The minimum absolute atomic E-state index is 0.0893. The third-order valence-electron chi connectivity index (χ3n) is 3.80. The Morgan fingerprint density at radius 2 is 1.80 bits per heavy atom. The summed E-state index contributed by atoms with van der Waals surface area (Å²) >= 11 is 1.49. The molecule has 3 aromatic heterocycles. The van der Waals surface area contributed by atoms with Crippen molar-refractivity contribution in [3.05, 3.63) is 46.2 Å². The molecule has 0 saturated carbocycles. The van der Waals surface area contributed by atoms with Crippen LogP contribution < -0.4 is 0 Å². The lowest BCUT2D eigenvalue weighted by Gasteiger charge is -2.09. The smallest absolute Gasteiger partial charge is 0.171 e. The highest BCUT2D eigenvalue weighted by atomic mass is 32.1. The maximum Gasteiger partial charge on any atom is 0.171 e. The van der Waals surface area contributed by atoms with Gasteiger partial charge in [0.15, 0.2) is 5.78 Å². The Labute approximate surface area is 121 Å². The highest BCUT2D eigenvalue weighted by Gasteiger charge is 2.20. The second kappa shape index (κ2) is 4.56. The molecule has 0 amide bonds. The minimum Gasteiger partial charge on any atom is -0.322 e. The number of fused-ring (bicyclic) bond motifs is 1. The number of aromatic nitrogens is 2. The number of nitrogens with zero attached hydrogens (tertiary/aromatic N) is 2. The number of Topliss-reactive ketones (excluding diaryl/α,β-unsaturated/α-hetero) is 1. The fourth-order valence-electron chi connectivity index (χ4n) is 2.49. The van der Waals surface area contributed by atoms with Gasteiger partial charge in [-0.15, -0.1) is 11.3 Å². The van der Waals surface area contributed by atoms with Gasteiger partial charge in [0.25, 0.3) is 0 Å². The van der Waals surface area contributed by atoms with Gasteiger partial charge in [-0.05, 0) is 44.0 Å². The SMILES string of the molecule is CC(=O)c1sc2nc(C)c(C)c(C)c2c1-n1cccc1. The van der Waals surface area contributed by atoms with Crippen molar-refractivity contribution in [1.82, 2.24) is 9.55 Å². The Hall–Kier alpha value is -1.94. The van der Waals surface area contributed by atoms with E-state index in [2.05, 4.69) is 18.8 Å². The molecule has 0 saturated heterocycles. The van der Waals surface area contributed by atoms with E-state index < -0.39 is 0 Å². The molecule has 0 fully saturated rings. The summed E-state index contributed by atoms with van der Waals surface area (Å²) in [5.41, 5.74) is 4.40. The van der Waals surface area contributed by atoms with Gasteiger partial charge < -0.3 is 4.57 Å². The summed E-state index contributed by atoms with van der Waals surface area (Å²) in [5, 5.41) is 1.10. The van der Waals surface area contributed by atoms with Crippen molar-refractivity contribution in [2.45, 2.75) is 27.7 Å². The van der Waals surface area contributed by atoms with Gasteiger partial charge in [-0.3, -0.25) is 4.79 Å². The number of hydrogen-bond donors (Lipinski definition) is 0. The first kappa shape index (κ1) is 13.1. The first-order valence-corrected chi connectivity index (χ1v) is 7.37. The molecule has 0 unspecified atom stereocenters. The standard InChI is InChI=1S/C16H16N2OS/c1-9-10(2)13-14(18-7-5-6-8-18)15(12(4)19)20-16(13)17-11(9)3/h5-8H,1-4H3. The van der Waals surface area contributed by atoms with Gasteiger partial charge in [0, 0.05) is 30.4 Å². The number of thiophene rings is 1. The Morgan fingerprint density at radius 1 is 1.15 bits per heavy atom. The molecule has 3 rings (SSSR count). The maximum atomic E-state index is 12.0. The summed E-state index contributed by atoms with van der Waals surface area (Å²) in [6, 6.07) is 3.94. The van der Waals surface area contributed by atoms with Crippen molar-refractivity contribution in [2.24, 2.45) is 0 Å². The third kappa shape index (κ3) is 1.79. The lowest BCUT2D eigenvalue weighted by Crippen LogP contribution is -1.99. The molecule has 20 heavy (non-hydrogen) atoms. The molecule has 0 spiro atoms. The monoisotopic (exact) mass is 284 g/mol. The number of pyridine rings is 1. The molecule has 3 aromatic rings. The normalized spacial score (nSPS) is 11.2. The number of carbonyl (C=O) groups excluding carboxylic acids is 1. The van der Waals surface area contributed by atoms with Crippen LogP contribution in [0.5, 0.6) is 0 Å². The molecule has 0 N–H and O–H groups in total. The zero-order chi connectivity index (χ0) is 14.4. The fourth-order valence-corrected chi connectivity index (χ4v) is 3.67. The number of carbonyl (C=O) groups is 1. The number of hydrogen-bond acceptors (Lipinski definition) is 3. The Kier molecular flexibility index (Phi) is 2.98. The Balaban J connectivity index is 2.49. The lowest BCUT2D eigenvalue weighted by atomic mass is 10.0. The van der Waals surface area contributed by atoms with E-state index in [1.807, 2.05) is 36.0 Å². The number of rotatable bonds is 2. The molecule has 0 aromatic carbocycles. The van der Waals surface area contributed by atoms with E-state index in [0.29, 0.717) is 0 Å². The van der Waals surface area contributed by atoms with Crippen LogP contribution in [-0.2, 0) is 0 Å². The van der Waals surface area contributed by atoms with Gasteiger partial charge in [-0.25, -0.2) is 4.98 Å². The summed E-state index contributed by atoms with van der Waals surface area (Å²) in [6.07, 6.45) is 3.95. The molecule has 4 heteroatoms. The van der Waals surface area contributed by atoms with E-state index in [1.165, 1.54) is 22.5 Å². The van der Waals surface area contributed by atoms with Crippen molar-refractivity contribution >= 4 is 27.3 Å².